The van der Waals surface area contributed by atoms with Gasteiger partial charge in [0.15, 0.2) is 0 Å². The smallest absolute Gasteiger partial charge is 0.263 e. The number of aryl methyl sites for hydroxylation is 1. The minimum absolute atomic E-state index is 0.144. The predicted octanol–water partition coefficient (Wildman–Crippen LogP) is 3.57. The fourth-order valence-electron chi connectivity index (χ4n) is 5.10. The maximum Gasteiger partial charge on any atom is 0.263 e. The topological polar surface area (TPSA) is 40.6 Å². The third kappa shape index (κ3) is 1.99. The van der Waals surface area contributed by atoms with Crippen molar-refractivity contribution in [3.63, 3.8) is 0 Å². The first-order chi connectivity index (χ1) is 12.7. The summed E-state index contributed by atoms with van der Waals surface area (Å²) >= 11 is 0. The van der Waals surface area contributed by atoms with Crippen molar-refractivity contribution in [3.05, 3.63) is 70.8 Å². The normalized spacial score (nSPS) is 25.5. The number of fused-ring (bicyclic) bond motifs is 2. The van der Waals surface area contributed by atoms with Crippen molar-refractivity contribution in [2.75, 3.05) is 13.1 Å². The molecule has 3 aliphatic rings. The molecule has 26 heavy (non-hydrogen) atoms. The Hall–Kier alpha value is -2.46. The highest BCUT2D eigenvalue weighted by Crippen LogP contribution is 2.47. The van der Waals surface area contributed by atoms with Crippen molar-refractivity contribution in [3.8, 4) is 0 Å². The Morgan fingerprint density at radius 1 is 0.769 bits per heavy atom. The maximum absolute atomic E-state index is 13.4. The van der Waals surface area contributed by atoms with Crippen LogP contribution >= 0.6 is 0 Å². The number of carbonyl (C=O) groups excluding carboxylic acids is 2. The Labute approximate surface area is 153 Å². The molecular weight excluding hydrogens is 324 g/mol. The molecule has 2 aromatic rings. The second-order valence-electron chi connectivity index (χ2n) is 7.51. The van der Waals surface area contributed by atoms with Gasteiger partial charge in [-0.25, -0.2) is 0 Å². The van der Waals surface area contributed by atoms with Gasteiger partial charge >= 0.3 is 0 Å². The molecule has 0 radical (unpaired) electrons. The van der Waals surface area contributed by atoms with Crippen LogP contribution in [0.5, 0.6) is 0 Å². The Kier molecular flexibility index (Phi) is 3.50. The van der Waals surface area contributed by atoms with E-state index in [0.717, 1.165) is 50.8 Å². The number of nitrogens with zero attached hydrogens (tertiary/aromatic N) is 2. The van der Waals surface area contributed by atoms with Crippen LogP contribution < -0.4 is 0 Å². The van der Waals surface area contributed by atoms with Gasteiger partial charge in [-0.3, -0.25) is 19.4 Å². The van der Waals surface area contributed by atoms with Crippen molar-refractivity contribution in [2.45, 2.75) is 37.8 Å². The van der Waals surface area contributed by atoms with E-state index in [1.807, 2.05) is 18.2 Å². The summed E-state index contributed by atoms with van der Waals surface area (Å²) in [6, 6.07) is 15.6. The average molecular weight is 346 g/mol. The van der Waals surface area contributed by atoms with E-state index in [1.165, 1.54) is 5.56 Å². The number of hydrogen-bond acceptors (Lipinski definition) is 3. The van der Waals surface area contributed by atoms with E-state index < -0.39 is 5.66 Å². The van der Waals surface area contributed by atoms with E-state index in [1.54, 1.807) is 17.0 Å². The lowest BCUT2D eigenvalue weighted by Gasteiger charge is -2.50. The summed E-state index contributed by atoms with van der Waals surface area (Å²) in [5.74, 6) is -0.289. The van der Waals surface area contributed by atoms with Gasteiger partial charge in [0.05, 0.1) is 11.1 Å². The summed E-state index contributed by atoms with van der Waals surface area (Å²) in [6.45, 7) is 1.86. The molecule has 132 valence electrons. The summed E-state index contributed by atoms with van der Waals surface area (Å²) in [7, 11) is 0. The Morgan fingerprint density at radius 2 is 1.38 bits per heavy atom. The van der Waals surface area contributed by atoms with Crippen LogP contribution in [0.2, 0.25) is 0 Å². The largest absolute Gasteiger partial charge is 0.277 e. The second-order valence-corrected chi connectivity index (χ2v) is 7.51. The molecule has 0 saturated carbocycles. The minimum Gasteiger partial charge on any atom is -0.277 e. The lowest BCUT2D eigenvalue weighted by atomic mass is 9.80. The predicted molar refractivity (Wildman–Crippen MR) is 98.8 cm³/mol. The van der Waals surface area contributed by atoms with Crippen molar-refractivity contribution in [2.24, 2.45) is 0 Å². The van der Waals surface area contributed by atoms with Gasteiger partial charge in [-0.05, 0) is 55.4 Å². The molecular formula is C22H22N2O2. The van der Waals surface area contributed by atoms with Gasteiger partial charge < -0.3 is 0 Å². The first-order valence-electron chi connectivity index (χ1n) is 9.55. The number of benzene rings is 2. The molecule has 1 saturated heterocycles. The highest BCUT2D eigenvalue weighted by Gasteiger charge is 2.54. The van der Waals surface area contributed by atoms with Gasteiger partial charge in [0.25, 0.3) is 11.8 Å². The van der Waals surface area contributed by atoms with Crippen LogP contribution in [0.25, 0.3) is 0 Å². The van der Waals surface area contributed by atoms with Crippen LogP contribution in [0, 0.1) is 0 Å². The summed E-state index contributed by atoms with van der Waals surface area (Å²) in [5, 5.41) is 0. The van der Waals surface area contributed by atoms with Crippen LogP contribution in [-0.4, -0.2) is 34.7 Å². The van der Waals surface area contributed by atoms with E-state index in [2.05, 4.69) is 23.1 Å². The van der Waals surface area contributed by atoms with Gasteiger partial charge in [-0.15, -0.1) is 0 Å². The zero-order valence-electron chi connectivity index (χ0n) is 14.8. The zero-order chi connectivity index (χ0) is 17.7. The number of amides is 2. The monoisotopic (exact) mass is 346 g/mol. The Balaban J connectivity index is 1.73. The van der Waals surface area contributed by atoms with Crippen molar-refractivity contribution >= 4 is 11.8 Å². The van der Waals surface area contributed by atoms with Gasteiger partial charge in [-0.1, -0.05) is 36.4 Å². The molecule has 2 aliphatic heterocycles. The molecule has 1 unspecified atom stereocenters. The quantitative estimate of drug-likeness (QED) is 0.781. The molecule has 1 aliphatic carbocycles. The number of rotatable bonds is 2. The molecule has 0 spiro atoms. The van der Waals surface area contributed by atoms with E-state index >= 15 is 0 Å². The SMILES string of the molecule is O=C1c2ccccc2C(=O)N1C1(N2CCCC2)CCCc2ccccc21. The molecule has 5 rings (SSSR count). The van der Waals surface area contributed by atoms with Crippen molar-refractivity contribution in [1.29, 1.82) is 0 Å². The third-order valence-corrected chi connectivity index (χ3v) is 6.21. The maximum atomic E-state index is 13.4. The first-order valence-corrected chi connectivity index (χ1v) is 9.55. The van der Waals surface area contributed by atoms with E-state index in [9.17, 15) is 9.59 Å². The number of carbonyl (C=O) groups is 2. The van der Waals surface area contributed by atoms with Crippen LogP contribution in [-0.2, 0) is 12.1 Å². The summed E-state index contributed by atoms with van der Waals surface area (Å²) in [6.07, 6.45) is 5.05. The third-order valence-electron chi connectivity index (χ3n) is 6.21. The van der Waals surface area contributed by atoms with E-state index in [0.29, 0.717) is 11.1 Å². The molecule has 2 amide bonds. The molecule has 1 atom stereocenters. The minimum atomic E-state index is -0.640. The number of likely N-dealkylation sites (tertiary alicyclic amines) is 1. The standard InChI is InChI=1S/C22H22N2O2/c25-20-17-10-2-3-11-18(17)21(26)24(20)22(23-14-5-6-15-23)13-7-9-16-8-1-4-12-19(16)22/h1-4,8,10-12H,5-7,9,13-15H2. The molecule has 0 bridgehead atoms. The summed E-state index contributed by atoms with van der Waals surface area (Å²) in [4.78, 5) is 30.7. The molecule has 0 N–H and O–H groups in total. The van der Waals surface area contributed by atoms with Gasteiger partial charge in [-0.2, -0.15) is 0 Å². The van der Waals surface area contributed by atoms with Gasteiger partial charge in [0.2, 0.25) is 0 Å². The van der Waals surface area contributed by atoms with Crippen LogP contribution in [0.4, 0.5) is 0 Å². The molecule has 4 heteroatoms. The molecule has 0 aromatic heterocycles. The summed E-state index contributed by atoms with van der Waals surface area (Å²) < 4.78 is 0. The van der Waals surface area contributed by atoms with Gasteiger partial charge in [0, 0.05) is 13.1 Å². The zero-order valence-corrected chi connectivity index (χ0v) is 14.8. The second kappa shape index (κ2) is 5.78. The summed E-state index contributed by atoms with van der Waals surface area (Å²) in [5.41, 5.74) is 2.85. The van der Waals surface area contributed by atoms with Crippen molar-refractivity contribution in [1.82, 2.24) is 9.80 Å². The van der Waals surface area contributed by atoms with Crippen LogP contribution in [0.3, 0.4) is 0 Å². The molecule has 2 heterocycles. The van der Waals surface area contributed by atoms with E-state index in [4.69, 9.17) is 0 Å². The number of imide groups is 1. The highest BCUT2D eigenvalue weighted by molar-refractivity contribution is 6.21. The van der Waals surface area contributed by atoms with Crippen LogP contribution in [0.1, 0.15) is 57.5 Å². The number of hydrogen-bond donors (Lipinski definition) is 0. The average Bonchev–Trinajstić information content (AvgIpc) is 3.30. The van der Waals surface area contributed by atoms with Crippen LogP contribution in [0.15, 0.2) is 48.5 Å². The molecule has 4 nitrogen and oxygen atoms in total. The lowest BCUT2D eigenvalue weighted by molar-refractivity contribution is -0.0326. The lowest BCUT2D eigenvalue weighted by Crippen LogP contribution is -2.60. The first kappa shape index (κ1) is 15.8. The fraction of sp³-hybridized carbons (Fsp3) is 0.364. The fourth-order valence-corrected chi connectivity index (χ4v) is 5.10. The Morgan fingerprint density at radius 3 is 2.08 bits per heavy atom. The van der Waals surface area contributed by atoms with Crippen molar-refractivity contribution < 1.29 is 9.59 Å². The molecule has 1 fully saturated rings. The van der Waals surface area contributed by atoms with E-state index in [-0.39, 0.29) is 11.8 Å². The molecule has 2 aromatic carbocycles. The Bertz CT molecular complexity index is 866. The highest BCUT2D eigenvalue weighted by atomic mass is 16.2. The van der Waals surface area contributed by atoms with Gasteiger partial charge in [0.1, 0.15) is 5.66 Å².